The molecule has 0 spiro atoms. The fraction of sp³-hybridized carbons (Fsp3) is 0.769. The first-order valence-corrected chi connectivity index (χ1v) is 6.93. The lowest BCUT2D eigenvalue weighted by molar-refractivity contribution is -0.138. The third-order valence-corrected chi connectivity index (χ3v) is 3.44. The zero-order valence-corrected chi connectivity index (χ0v) is 11.6. The van der Waals surface area contributed by atoms with Gasteiger partial charge in [-0.1, -0.05) is 0 Å². The fourth-order valence-corrected chi connectivity index (χ4v) is 2.24. The molecular formula is C13H23N3O4. The number of aliphatic imine (C=N–C) groups is 1. The molecule has 0 heterocycles. The van der Waals surface area contributed by atoms with Crippen LogP contribution in [-0.4, -0.2) is 48.6 Å². The van der Waals surface area contributed by atoms with Crippen LogP contribution >= 0.6 is 0 Å². The van der Waals surface area contributed by atoms with E-state index in [0.29, 0.717) is 25.8 Å². The molecule has 7 nitrogen and oxygen atoms in total. The molecule has 1 aliphatic carbocycles. The molecule has 0 radical (unpaired) electrons. The van der Waals surface area contributed by atoms with Crippen molar-refractivity contribution < 1.29 is 19.4 Å². The highest BCUT2D eigenvalue weighted by Gasteiger charge is 2.29. The van der Waals surface area contributed by atoms with Crippen molar-refractivity contribution in [3.8, 4) is 0 Å². The summed E-state index contributed by atoms with van der Waals surface area (Å²) in [5, 5.41) is 11.3. The number of rotatable bonds is 8. The number of carboxylic acids is 1. The van der Waals surface area contributed by atoms with Crippen molar-refractivity contribution in [2.45, 2.75) is 56.7 Å². The number of aliphatic carboxylic acids is 1. The van der Waals surface area contributed by atoms with Crippen LogP contribution < -0.4 is 11.1 Å². The topological polar surface area (TPSA) is 114 Å². The smallest absolute Gasteiger partial charge is 0.407 e. The third-order valence-electron chi connectivity index (χ3n) is 3.44. The molecule has 114 valence electrons. The molecule has 4 N–H and O–H groups in total. The van der Waals surface area contributed by atoms with Crippen molar-refractivity contribution in [2.75, 3.05) is 6.54 Å². The van der Waals surface area contributed by atoms with E-state index in [-0.39, 0.29) is 12.1 Å². The maximum Gasteiger partial charge on any atom is 0.407 e. The molecule has 1 amide bonds. The Bertz CT molecular complexity index is 349. The van der Waals surface area contributed by atoms with E-state index in [9.17, 15) is 9.59 Å². The first-order valence-electron chi connectivity index (χ1n) is 6.93. The van der Waals surface area contributed by atoms with Crippen molar-refractivity contribution in [1.29, 1.82) is 0 Å². The number of nitrogens with two attached hydrogens (primary N) is 1. The molecule has 1 aliphatic rings. The minimum absolute atomic E-state index is 0.00862. The molecule has 0 aromatic carbocycles. The Morgan fingerprint density at radius 2 is 2.20 bits per heavy atom. The summed E-state index contributed by atoms with van der Waals surface area (Å²) in [5.74, 6) is -0.999. The van der Waals surface area contributed by atoms with Crippen LogP contribution in [-0.2, 0) is 9.53 Å². The maximum atomic E-state index is 11.6. The number of amides is 1. The molecule has 3 atom stereocenters. The van der Waals surface area contributed by atoms with Crippen LogP contribution in [0.25, 0.3) is 0 Å². The summed E-state index contributed by atoms with van der Waals surface area (Å²) in [5.41, 5.74) is 5.37. The molecule has 0 aliphatic heterocycles. The van der Waals surface area contributed by atoms with Crippen molar-refractivity contribution >= 4 is 18.8 Å². The third kappa shape index (κ3) is 5.56. The van der Waals surface area contributed by atoms with Crippen molar-refractivity contribution in [3.63, 3.8) is 0 Å². The van der Waals surface area contributed by atoms with Gasteiger partial charge in [0.2, 0.25) is 0 Å². The van der Waals surface area contributed by atoms with Gasteiger partial charge >= 0.3 is 12.1 Å². The van der Waals surface area contributed by atoms with Crippen LogP contribution in [0.4, 0.5) is 4.79 Å². The van der Waals surface area contributed by atoms with Gasteiger partial charge in [0.1, 0.15) is 12.1 Å². The van der Waals surface area contributed by atoms with Crippen LogP contribution in [0.15, 0.2) is 4.99 Å². The Morgan fingerprint density at radius 3 is 2.85 bits per heavy atom. The lowest BCUT2D eigenvalue weighted by Crippen LogP contribution is -2.33. The number of hydrogen-bond donors (Lipinski definition) is 3. The summed E-state index contributed by atoms with van der Waals surface area (Å²) in [6.45, 7) is 3.94. The first kappa shape index (κ1) is 16.4. The van der Waals surface area contributed by atoms with Gasteiger partial charge in [0.05, 0.1) is 6.04 Å². The predicted molar refractivity (Wildman–Crippen MR) is 74.9 cm³/mol. The molecule has 0 aromatic heterocycles. The van der Waals surface area contributed by atoms with E-state index in [1.54, 1.807) is 0 Å². The number of ether oxygens (including phenoxy) is 1. The second-order valence-electron chi connectivity index (χ2n) is 4.99. The van der Waals surface area contributed by atoms with Gasteiger partial charge in [0.25, 0.3) is 0 Å². The number of carbonyl (C=O) groups excluding carboxylic acids is 1. The summed E-state index contributed by atoms with van der Waals surface area (Å²) >= 11 is 0. The zero-order valence-electron chi connectivity index (χ0n) is 11.6. The van der Waals surface area contributed by atoms with Crippen LogP contribution in [0.1, 0.15) is 38.5 Å². The Hall–Kier alpha value is -1.63. The number of alkyl carbamates (subject to hydrolysis) is 1. The van der Waals surface area contributed by atoms with E-state index in [1.807, 2.05) is 0 Å². The van der Waals surface area contributed by atoms with Crippen molar-refractivity contribution in [1.82, 2.24) is 5.32 Å². The van der Waals surface area contributed by atoms with Crippen LogP contribution in [0.2, 0.25) is 0 Å². The molecule has 20 heavy (non-hydrogen) atoms. The largest absolute Gasteiger partial charge is 0.480 e. The summed E-state index contributed by atoms with van der Waals surface area (Å²) in [6, 6.07) is -0.825. The molecule has 2 unspecified atom stereocenters. The van der Waals surface area contributed by atoms with E-state index in [0.717, 1.165) is 19.3 Å². The summed E-state index contributed by atoms with van der Waals surface area (Å²) < 4.78 is 5.28. The quantitative estimate of drug-likeness (QED) is 0.453. The lowest BCUT2D eigenvalue weighted by atomic mass is 10.1. The number of carbonyl (C=O) groups is 2. The van der Waals surface area contributed by atoms with Gasteiger partial charge in [-0.15, -0.1) is 0 Å². The molecule has 7 heteroatoms. The van der Waals surface area contributed by atoms with E-state index in [4.69, 9.17) is 15.6 Å². The number of nitrogens with zero attached hydrogens (tertiary/aromatic N) is 1. The standard InChI is InChI=1S/C13H23N3O4/c1-15-10-6-4-7-11(10)20-13(19)16-8-3-2-5-9(14)12(17)18/h9-11H,1-8,14H2,(H,16,19)(H,17,18)/t9-,10?,11?/m0/s1. The normalized spacial score (nSPS) is 23.1. The zero-order chi connectivity index (χ0) is 15.0. The minimum Gasteiger partial charge on any atom is -0.480 e. The second-order valence-corrected chi connectivity index (χ2v) is 4.99. The maximum absolute atomic E-state index is 11.6. The van der Waals surface area contributed by atoms with Gasteiger partial charge in [-0.3, -0.25) is 9.79 Å². The number of unbranched alkanes of at least 4 members (excludes halogenated alkanes) is 1. The summed E-state index contributed by atoms with van der Waals surface area (Å²) in [7, 11) is 0. The number of carboxylic acid groups (broad SMARTS) is 1. The Balaban J connectivity index is 2.08. The number of hydrogen-bond acceptors (Lipinski definition) is 5. The summed E-state index contributed by atoms with van der Waals surface area (Å²) in [6.07, 6.45) is 3.82. The minimum atomic E-state index is -0.999. The molecular weight excluding hydrogens is 262 g/mol. The highest BCUT2D eigenvalue weighted by atomic mass is 16.6. The van der Waals surface area contributed by atoms with Gasteiger partial charge < -0.3 is 20.9 Å². The van der Waals surface area contributed by atoms with E-state index in [2.05, 4.69) is 17.0 Å². The van der Waals surface area contributed by atoms with Gasteiger partial charge in [-0.25, -0.2) is 4.79 Å². The Kier molecular flexibility index (Phi) is 7.00. The molecule has 0 bridgehead atoms. The Morgan fingerprint density at radius 1 is 1.45 bits per heavy atom. The molecule has 1 rings (SSSR count). The molecule has 1 fully saturated rings. The average molecular weight is 285 g/mol. The number of nitrogens with one attached hydrogen (secondary N) is 1. The van der Waals surface area contributed by atoms with Crippen LogP contribution in [0.5, 0.6) is 0 Å². The first-order chi connectivity index (χ1) is 9.54. The van der Waals surface area contributed by atoms with Crippen molar-refractivity contribution in [2.24, 2.45) is 10.7 Å². The van der Waals surface area contributed by atoms with Crippen molar-refractivity contribution in [3.05, 3.63) is 0 Å². The highest BCUT2D eigenvalue weighted by molar-refractivity contribution is 5.72. The summed E-state index contributed by atoms with van der Waals surface area (Å²) in [4.78, 5) is 26.0. The highest BCUT2D eigenvalue weighted by Crippen LogP contribution is 2.24. The van der Waals surface area contributed by atoms with Gasteiger partial charge in [0, 0.05) is 6.54 Å². The van der Waals surface area contributed by atoms with Gasteiger partial charge in [-0.2, -0.15) is 0 Å². The van der Waals surface area contributed by atoms with Crippen LogP contribution in [0, 0.1) is 0 Å². The SMILES string of the molecule is C=NC1CCCC1OC(=O)NCCCC[C@H](N)C(=O)O. The molecule has 0 saturated heterocycles. The predicted octanol–water partition coefficient (Wildman–Crippen LogP) is 0.917. The Labute approximate surface area is 118 Å². The van der Waals surface area contributed by atoms with Gasteiger partial charge in [0.15, 0.2) is 0 Å². The monoisotopic (exact) mass is 285 g/mol. The van der Waals surface area contributed by atoms with Gasteiger partial charge in [-0.05, 0) is 45.2 Å². The average Bonchev–Trinajstić information content (AvgIpc) is 2.85. The van der Waals surface area contributed by atoms with E-state index < -0.39 is 18.1 Å². The van der Waals surface area contributed by atoms with Crippen LogP contribution in [0.3, 0.4) is 0 Å². The van der Waals surface area contributed by atoms with E-state index >= 15 is 0 Å². The lowest BCUT2D eigenvalue weighted by Gasteiger charge is -2.16. The van der Waals surface area contributed by atoms with E-state index in [1.165, 1.54) is 0 Å². The molecule has 1 saturated carbocycles. The second kappa shape index (κ2) is 8.52. The fourth-order valence-electron chi connectivity index (χ4n) is 2.24. The molecule has 0 aromatic rings.